The lowest BCUT2D eigenvalue weighted by Gasteiger charge is -2.09. The zero-order chi connectivity index (χ0) is 20.8. The second-order valence-electron chi connectivity index (χ2n) is 6.27. The number of para-hydroxylation sites is 2. The molecule has 0 bridgehead atoms. The van der Waals surface area contributed by atoms with Crippen LogP contribution in [0, 0.1) is 10.1 Å². The first-order chi connectivity index (χ1) is 13.9. The number of hydrogen-bond donors (Lipinski definition) is 3. The summed E-state index contributed by atoms with van der Waals surface area (Å²) in [6.45, 7) is 0. The van der Waals surface area contributed by atoms with Gasteiger partial charge in [-0.3, -0.25) is 19.7 Å². The number of amides is 2. The molecule has 0 aliphatic rings. The number of nitrogens with zero attached hydrogens (tertiary/aromatic N) is 1. The van der Waals surface area contributed by atoms with Crippen molar-refractivity contribution >= 4 is 34.6 Å². The number of nitro benzene ring substituents is 1. The van der Waals surface area contributed by atoms with Gasteiger partial charge >= 0.3 is 0 Å². The van der Waals surface area contributed by atoms with Gasteiger partial charge in [-0.1, -0.05) is 24.3 Å². The van der Waals surface area contributed by atoms with Crippen LogP contribution in [0.1, 0.15) is 15.9 Å². The topological polar surface area (TPSA) is 127 Å². The van der Waals surface area contributed by atoms with E-state index in [4.69, 9.17) is 5.73 Å². The molecule has 0 aliphatic heterocycles. The minimum atomic E-state index is -0.492. The molecule has 0 atom stereocenters. The average molecular weight is 390 g/mol. The van der Waals surface area contributed by atoms with Crippen molar-refractivity contribution in [1.29, 1.82) is 0 Å². The van der Waals surface area contributed by atoms with Gasteiger partial charge in [-0.2, -0.15) is 0 Å². The molecule has 3 aromatic rings. The van der Waals surface area contributed by atoms with Crippen molar-refractivity contribution in [1.82, 2.24) is 0 Å². The summed E-state index contributed by atoms with van der Waals surface area (Å²) >= 11 is 0. The molecule has 0 spiro atoms. The second-order valence-corrected chi connectivity index (χ2v) is 6.27. The molecule has 0 aliphatic carbocycles. The van der Waals surface area contributed by atoms with E-state index in [1.807, 2.05) is 0 Å². The van der Waals surface area contributed by atoms with E-state index in [0.29, 0.717) is 28.2 Å². The number of carbonyl (C=O) groups is 2. The highest BCUT2D eigenvalue weighted by atomic mass is 16.6. The predicted molar refractivity (Wildman–Crippen MR) is 111 cm³/mol. The van der Waals surface area contributed by atoms with Crippen molar-refractivity contribution in [3.63, 3.8) is 0 Å². The molecule has 3 rings (SSSR count). The predicted octanol–water partition coefficient (Wildman–Crippen LogP) is 3.61. The van der Waals surface area contributed by atoms with E-state index in [0.717, 1.165) is 0 Å². The lowest BCUT2D eigenvalue weighted by atomic mass is 10.1. The van der Waals surface area contributed by atoms with Crippen molar-refractivity contribution < 1.29 is 14.5 Å². The van der Waals surface area contributed by atoms with Crippen LogP contribution >= 0.6 is 0 Å². The zero-order valence-corrected chi connectivity index (χ0v) is 15.3. The Morgan fingerprint density at radius 2 is 1.55 bits per heavy atom. The number of carbonyl (C=O) groups excluding carboxylic acids is 2. The molecule has 2 amide bonds. The maximum absolute atomic E-state index is 12.3. The van der Waals surface area contributed by atoms with Gasteiger partial charge in [0.2, 0.25) is 5.91 Å². The fraction of sp³-hybridized carbons (Fsp3) is 0.0476. The number of rotatable bonds is 6. The van der Waals surface area contributed by atoms with Crippen molar-refractivity contribution in [3.05, 3.63) is 94.0 Å². The molecule has 146 valence electrons. The van der Waals surface area contributed by atoms with E-state index < -0.39 is 4.92 Å². The highest BCUT2D eigenvalue weighted by molar-refractivity contribution is 6.06. The van der Waals surface area contributed by atoms with Gasteiger partial charge in [-0.25, -0.2) is 0 Å². The average Bonchev–Trinajstić information content (AvgIpc) is 2.70. The Kier molecular flexibility index (Phi) is 5.84. The van der Waals surface area contributed by atoms with Gasteiger partial charge in [0.05, 0.1) is 22.7 Å². The summed E-state index contributed by atoms with van der Waals surface area (Å²) in [5, 5.41) is 16.1. The van der Waals surface area contributed by atoms with Crippen molar-refractivity contribution in [2.24, 2.45) is 0 Å². The molecule has 0 heterocycles. The van der Waals surface area contributed by atoms with E-state index in [9.17, 15) is 19.7 Å². The van der Waals surface area contributed by atoms with E-state index in [1.165, 1.54) is 12.1 Å². The minimum Gasteiger partial charge on any atom is -0.397 e. The fourth-order valence-electron chi connectivity index (χ4n) is 2.64. The lowest BCUT2D eigenvalue weighted by Crippen LogP contribution is -2.15. The van der Waals surface area contributed by atoms with Crippen LogP contribution < -0.4 is 16.4 Å². The minimum absolute atomic E-state index is 0.0275. The number of non-ortho nitro benzene ring substituents is 1. The molecule has 0 unspecified atom stereocenters. The second kappa shape index (κ2) is 8.66. The zero-order valence-electron chi connectivity index (χ0n) is 15.3. The maximum Gasteiger partial charge on any atom is 0.269 e. The molecule has 4 N–H and O–H groups in total. The summed E-state index contributed by atoms with van der Waals surface area (Å²) < 4.78 is 0. The van der Waals surface area contributed by atoms with Crippen molar-refractivity contribution in [2.45, 2.75) is 6.42 Å². The first-order valence-electron chi connectivity index (χ1n) is 8.71. The molecule has 0 saturated heterocycles. The van der Waals surface area contributed by atoms with Gasteiger partial charge in [0.25, 0.3) is 11.6 Å². The smallest absolute Gasteiger partial charge is 0.269 e. The fourth-order valence-corrected chi connectivity index (χ4v) is 2.64. The maximum atomic E-state index is 12.3. The van der Waals surface area contributed by atoms with Crippen LogP contribution in [0.25, 0.3) is 0 Å². The van der Waals surface area contributed by atoms with Crippen LogP contribution in [-0.2, 0) is 11.2 Å². The van der Waals surface area contributed by atoms with Gasteiger partial charge in [0.1, 0.15) is 0 Å². The first kappa shape index (κ1) is 19.6. The highest BCUT2D eigenvalue weighted by Gasteiger charge is 2.10. The Labute approximate surface area is 166 Å². The van der Waals surface area contributed by atoms with E-state index >= 15 is 0 Å². The third-order valence-corrected chi connectivity index (χ3v) is 4.15. The number of nitro groups is 1. The standard InChI is InChI=1S/C21H18N4O4/c22-18-3-1-2-4-19(18)24-21(27)15-7-9-16(10-8-15)23-20(26)13-14-5-11-17(12-6-14)25(28)29/h1-12H,13,22H2,(H,23,26)(H,24,27). The quantitative estimate of drug-likeness (QED) is 0.336. The molecule has 8 nitrogen and oxygen atoms in total. The van der Waals surface area contributed by atoms with Gasteiger partial charge in [-0.05, 0) is 42.0 Å². The summed E-state index contributed by atoms with van der Waals surface area (Å²) in [4.78, 5) is 34.6. The van der Waals surface area contributed by atoms with Gasteiger partial charge in [0, 0.05) is 23.4 Å². The molecule has 0 fully saturated rings. The van der Waals surface area contributed by atoms with Crippen LogP contribution in [0.15, 0.2) is 72.8 Å². The van der Waals surface area contributed by atoms with Crippen LogP contribution in [0.4, 0.5) is 22.7 Å². The van der Waals surface area contributed by atoms with Crippen LogP contribution in [0.5, 0.6) is 0 Å². The number of nitrogens with two attached hydrogens (primary N) is 1. The highest BCUT2D eigenvalue weighted by Crippen LogP contribution is 2.19. The van der Waals surface area contributed by atoms with Gasteiger partial charge < -0.3 is 16.4 Å². The van der Waals surface area contributed by atoms with Gasteiger partial charge in [-0.15, -0.1) is 0 Å². The summed E-state index contributed by atoms with van der Waals surface area (Å²) in [6.07, 6.45) is 0.0769. The molecule has 0 saturated carbocycles. The molecular formula is C21H18N4O4. The third-order valence-electron chi connectivity index (χ3n) is 4.15. The van der Waals surface area contributed by atoms with E-state index in [2.05, 4.69) is 10.6 Å². The normalized spacial score (nSPS) is 10.2. The van der Waals surface area contributed by atoms with Crippen molar-refractivity contribution in [3.8, 4) is 0 Å². The Morgan fingerprint density at radius 1 is 0.897 bits per heavy atom. The molecule has 0 aromatic heterocycles. The third kappa shape index (κ3) is 5.16. The van der Waals surface area contributed by atoms with Gasteiger partial charge in [0.15, 0.2) is 0 Å². The number of benzene rings is 3. The summed E-state index contributed by atoms with van der Waals surface area (Å²) in [5.41, 5.74) is 8.39. The SMILES string of the molecule is Nc1ccccc1NC(=O)c1ccc(NC(=O)Cc2ccc([N+](=O)[O-])cc2)cc1. The van der Waals surface area contributed by atoms with Crippen LogP contribution in [0.3, 0.4) is 0 Å². The molecule has 0 radical (unpaired) electrons. The molecule has 3 aromatic carbocycles. The summed E-state index contributed by atoms with van der Waals surface area (Å²) in [6, 6.07) is 19.2. The summed E-state index contributed by atoms with van der Waals surface area (Å²) in [5.74, 6) is -0.584. The Hall–Kier alpha value is -4.20. The van der Waals surface area contributed by atoms with Crippen molar-refractivity contribution in [2.75, 3.05) is 16.4 Å². The van der Waals surface area contributed by atoms with Crippen LogP contribution in [-0.4, -0.2) is 16.7 Å². The largest absolute Gasteiger partial charge is 0.397 e. The van der Waals surface area contributed by atoms with E-state index in [-0.39, 0.29) is 23.9 Å². The number of anilines is 3. The molecule has 29 heavy (non-hydrogen) atoms. The van der Waals surface area contributed by atoms with E-state index in [1.54, 1.807) is 60.7 Å². The molecular weight excluding hydrogens is 372 g/mol. The summed E-state index contributed by atoms with van der Waals surface area (Å²) in [7, 11) is 0. The molecule has 8 heteroatoms. The van der Waals surface area contributed by atoms with Crippen LogP contribution in [0.2, 0.25) is 0 Å². The number of nitrogens with one attached hydrogen (secondary N) is 2. The first-order valence-corrected chi connectivity index (χ1v) is 8.71. The lowest BCUT2D eigenvalue weighted by molar-refractivity contribution is -0.384. The number of nitrogen functional groups attached to an aromatic ring is 1. The Morgan fingerprint density at radius 3 is 2.17 bits per heavy atom. The Bertz CT molecular complexity index is 1050. The Balaban J connectivity index is 1.58. The number of hydrogen-bond acceptors (Lipinski definition) is 5. The monoisotopic (exact) mass is 390 g/mol.